The Kier molecular flexibility index (Phi) is 3.14. The molecule has 0 N–H and O–H groups in total. The molecule has 1 unspecified atom stereocenters. The van der Waals surface area contributed by atoms with Crippen LogP contribution in [-0.2, 0) is 11.1 Å². The van der Waals surface area contributed by atoms with Crippen LogP contribution < -0.4 is 0 Å². The maximum Gasteiger partial charge on any atom is 0.0752 e. The van der Waals surface area contributed by atoms with Gasteiger partial charge in [-0.15, -0.1) is 0 Å². The van der Waals surface area contributed by atoms with E-state index in [-0.39, 0.29) is 0 Å². The first-order chi connectivity index (χ1) is 4.83. The van der Waals surface area contributed by atoms with Crippen LogP contribution in [0.2, 0.25) is 5.02 Å². The minimum absolute atomic E-state index is 0.613. The van der Waals surface area contributed by atoms with Gasteiger partial charge < -0.3 is 4.52 Å². The van der Waals surface area contributed by atoms with Crippen molar-refractivity contribution in [2.24, 2.45) is 0 Å². The van der Waals surface area contributed by atoms with Crippen molar-refractivity contribution in [1.82, 2.24) is 0 Å². The van der Waals surface area contributed by atoms with Crippen LogP contribution in [0.15, 0.2) is 24.3 Å². The second kappa shape index (κ2) is 3.92. The topological polar surface area (TPSA) is 9.23 Å². The summed E-state index contributed by atoms with van der Waals surface area (Å²) in [6, 6.07) is 7.57. The quantitative estimate of drug-likeness (QED) is 0.627. The van der Waals surface area contributed by atoms with Gasteiger partial charge >= 0.3 is 0 Å². The fraction of sp³-hybridized carbons (Fsp3) is 0.143. The average Bonchev–Trinajstić information content (AvgIpc) is 1.95. The van der Waals surface area contributed by atoms with Gasteiger partial charge in [0, 0.05) is 14.5 Å². The minimum atomic E-state index is 0.613. The Morgan fingerprint density at radius 3 is 2.40 bits per heavy atom. The summed E-state index contributed by atoms with van der Waals surface area (Å²) >= 11 is 5.67. The number of hydrogen-bond donors (Lipinski definition) is 0. The first-order valence-corrected chi connectivity index (χ1v) is 3.74. The molecule has 0 heterocycles. The van der Waals surface area contributed by atoms with Gasteiger partial charge in [0.15, 0.2) is 0 Å². The van der Waals surface area contributed by atoms with Gasteiger partial charge in [-0.2, -0.15) is 0 Å². The van der Waals surface area contributed by atoms with Crippen molar-refractivity contribution in [3.05, 3.63) is 34.9 Å². The lowest BCUT2D eigenvalue weighted by Crippen LogP contribution is -1.80. The summed E-state index contributed by atoms with van der Waals surface area (Å²) in [5, 5.41) is 0.757. The molecular formula is C7H8ClOP. The molecule has 1 rings (SSSR count). The van der Waals surface area contributed by atoms with Crippen LogP contribution in [0.5, 0.6) is 0 Å². The van der Waals surface area contributed by atoms with E-state index in [2.05, 4.69) is 9.47 Å². The molecule has 0 aromatic heterocycles. The molecule has 3 heteroatoms. The molecule has 0 saturated heterocycles. The second-order valence-corrected chi connectivity index (χ2v) is 2.71. The van der Waals surface area contributed by atoms with Gasteiger partial charge in [0.1, 0.15) is 0 Å². The van der Waals surface area contributed by atoms with E-state index in [0.29, 0.717) is 6.61 Å². The Morgan fingerprint density at radius 1 is 1.30 bits per heavy atom. The first kappa shape index (κ1) is 8.00. The SMILES string of the molecule is POCc1ccc(Cl)cc1. The van der Waals surface area contributed by atoms with E-state index < -0.39 is 0 Å². The van der Waals surface area contributed by atoms with Gasteiger partial charge in [0.2, 0.25) is 0 Å². The molecule has 0 spiro atoms. The summed E-state index contributed by atoms with van der Waals surface area (Å²) in [7, 11) is 2.21. The molecule has 1 atom stereocenters. The van der Waals surface area contributed by atoms with Crippen LogP contribution in [0.4, 0.5) is 0 Å². The summed E-state index contributed by atoms with van der Waals surface area (Å²) in [5.41, 5.74) is 1.12. The van der Waals surface area contributed by atoms with Gasteiger partial charge in [0.25, 0.3) is 0 Å². The number of hydrogen-bond acceptors (Lipinski definition) is 1. The summed E-state index contributed by atoms with van der Waals surface area (Å²) < 4.78 is 4.84. The summed E-state index contributed by atoms with van der Waals surface area (Å²) in [6.07, 6.45) is 0. The molecule has 0 bridgehead atoms. The second-order valence-electron chi connectivity index (χ2n) is 1.94. The summed E-state index contributed by atoms with van der Waals surface area (Å²) in [4.78, 5) is 0. The fourth-order valence-electron chi connectivity index (χ4n) is 0.677. The van der Waals surface area contributed by atoms with Crippen LogP contribution in [0.1, 0.15) is 5.56 Å². The predicted octanol–water partition coefficient (Wildman–Crippen LogP) is 2.65. The van der Waals surface area contributed by atoms with Crippen LogP contribution >= 0.6 is 21.1 Å². The molecule has 0 aliphatic rings. The van der Waals surface area contributed by atoms with Crippen LogP contribution in [-0.4, -0.2) is 0 Å². The van der Waals surface area contributed by atoms with Crippen molar-refractivity contribution >= 4 is 21.1 Å². The highest BCUT2D eigenvalue weighted by Crippen LogP contribution is 2.10. The fourth-order valence-corrected chi connectivity index (χ4v) is 0.995. The lowest BCUT2D eigenvalue weighted by Gasteiger charge is -1.97. The molecule has 1 aromatic rings. The molecule has 0 saturated carbocycles. The minimum Gasteiger partial charge on any atom is -0.361 e. The van der Waals surface area contributed by atoms with E-state index in [0.717, 1.165) is 10.6 Å². The molecule has 54 valence electrons. The van der Waals surface area contributed by atoms with Gasteiger partial charge in [0.05, 0.1) is 6.61 Å². The Hall–Kier alpha value is -0.100. The number of benzene rings is 1. The molecule has 0 aliphatic carbocycles. The monoisotopic (exact) mass is 174 g/mol. The zero-order valence-corrected chi connectivity index (χ0v) is 7.29. The average molecular weight is 175 g/mol. The zero-order valence-electron chi connectivity index (χ0n) is 5.38. The summed E-state index contributed by atoms with van der Waals surface area (Å²) in [5.74, 6) is 0. The van der Waals surface area contributed by atoms with E-state index in [1.165, 1.54) is 0 Å². The Labute approximate surface area is 67.6 Å². The Morgan fingerprint density at radius 2 is 1.90 bits per heavy atom. The smallest absolute Gasteiger partial charge is 0.0752 e. The molecule has 1 nitrogen and oxygen atoms in total. The van der Waals surface area contributed by atoms with Gasteiger partial charge in [-0.05, 0) is 17.7 Å². The molecule has 0 amide bonds. The molecule has 0 fully saturated rings. The molecule has 1 aromatic carbocycles. The maximum atomic E-state index is 5.67. The first-order valence-electron chi connectivity index (χ1n) is 2.89. The molecular weight excluding hydrogens is 167 g/mol. The Bertz CT molecular complexity index is 197. The van der Waals surface area contributed by atoms with Crippen molar-refractivity contribution < 1.29 is 4.52 Å². The lowest BCUT2D eigenvalue weighted by molar-refractivity contribution is 0.362. The van der Waals surface area contributed by atoms with Gasteiger partial charge in [-0.3, -0.25) is 0 Å². The van der Waals surface area contributed by atoms with E-state index >= 15 is 0 Å². The zero-order chi connectivity index (χ0) is 7.40. The third-order valence-electron chi connectivity index (χ3n) is 1.16. The molecule has 0 radical (unpaired) electrons. The third kappa shape index (κ3) is 2.26. The molecule has 0 aliphatic heterocycles. The predicted molar refractivity (Wildman–Crippen MR) is 46.0 cm³/mol. The van der Waals surface area contributed by atoms with Crippen molar-refractivity contribution in [3.8, 4) is 0 Å². The third-order valence-corrected chi connectivity index (χ3v) is 1.58. The highest BCUT2D eigenvalue weighted by molar-refractivity contribution is 7.09. The van der Waals surface area contributed by atoms with E-state index in [4.69, 9.17) is 16.1 Å². The normalized spacial score (nSPS) is 9.80. The number of rotatable bonds is 2. The van der Waals surface area contributed by atoms with Crippen molar-refractivity contribution in [3.63, 3.8) is 0 Å². The molecule has 10 heavy (non-hydrogen) atoms. The van der Waals surface area contributed by atoms with E-state index in [9.17, 15) is 0 Å². The van der Waals surface area contributed by atoms with Crippen LogP contribution in [0.25, 0.3) is 0 Å². The van der Waals surface area contributed by atoms with E-state index in [1.807, 2.05) is 24.3 Å². The van der Waals surface area contributed by atoms with Gasteiger partial charge in [-0.1, -0.05) is 23.7 Å². The van der Waals surface area contributed by atoms with Crippen molar-refractivity contribution in [2.75, 3.05) is 0 Å². The summed E-state index contributed by atoms with van der Waals surface area (Å²) in [6.45, 7) is 0.613. The van der Waals surface area contributed by atoms with Crippen molar-refractivity contribution in [2.45, 2.75) is 6.61 Å². The van der Waals surface area contributed by atoms with Crippen LogP contribution in [0.3, 0.4) is 0 Å². The maximum absolute atomic E-state index is 5.67. The van der Waals surface area contributed by atoms with E-state index in [1.54, 1.807) is 0 Å². The largest absolute Gasteiger partial charge is 0.361 e. The number of halogens is 1. The van der Waals surface area contributed by atoms with Gasteiger partial charge in [-0.25, -0.2) is 0 Å². The Balaban J connectivity index is 2.69. The standard InChI is InChI=1S/C7H8ClOP/c8-7-3-1-6(2-4-7)5-9-10/h1-4H,5,10H2. The van der Waals surface area contributed by atoms with Crippen molar-refractivity contribution in [1.29, 1.82) is 0 Å². The lowest BCUT2D eigenvalue weighted by atomic mass is 10.2. The highest BCUT2D eigenvalue weighted by Gasteiger charge is 1.89. The highest BCUT2D eigenvalue weighted by atomic mass is 35.5. The van der Waals surface area contributed by atoms with Crippen LogP contribution in [0, 0.1) is 0 Å².